The highest BCUT2D eigenvalue weighted by molar-refractivity contribution is 6.35. The van der Waals surface area contributed by atoms with Crippen molar-refractivity contribution in [1.29, 1.82) is 0 Å². The topological polar surface area (TPSA) is 59.7 Å². The van der Waals surface area contributed by atoms with Crippen LogP contribution >= 0.6 is 11.6 Å². The molecular formula is C23H22ClFO4. The minimum atomic E-state index is -0.721. The maximum atomic E-state index is 13.6. The Labute approximate surface area is 173 Å². The Morgan fingerprint density at radius 2 is 1.93 bits per heavy atom. The lowest BCUT2D eigenvalue weighted by Crippen LogP contribution is -2.16. The van der Waals surface area contributed by atoms with Gasteiger partial charge in [0.2, 0.25) is 0 Å². The number of fused-ring (bicyclic) bond motifs is 1. The van der Waals surface area contributed by atoms with Crippen molar-refractivity contribution in [2.45, 2.75) is 44.6 Å². The van der Waals surface area contributed by atoms with Crippen LogP contribution in [0.3, 0.4) is 0 Å². The molecular weight excluding hydrogens is 395 g/mol. The van der Waals surface area contributed by atoms with E-state index in [1.54, 1.807) is 12.1 Å². The molecule has 4 nitrogen and oxygen atoms in total. The molecule has 1 aliphatic rings. The number of furan rings is 1. The summed E-state index contributed by atoms with van der Waals surface area (Å²) in [6.07, 6.45) is 3.97. The van der Waals surface area contributed by atoms with Crippen molar-refractivity contribution in [1.82, 2.24) is 0 Å². The second kappa shape index (κ2) is 8.46. The molecule has 1 heterocycles. The normalized spacial score (nSPS) is 19.4. The molecule has 0 atom stereocenters. The zero-order valence-electron chi connectivity index (χ0n) is 15.9. The van der Waals surface area contributed by atoms with Gasteiger partial charge in [-0.15, -0.1) is 0 Å². The first kappa shape index (κ1) is 19.8. The second-order valence-electron chi connectivity index (χ2n) is 7.64. The maximum absolute atomic E-state index is 13.6. The zero-order chi connectivity index (χ0) is 20.4. The summed E-state index contributed by atoms with van der Waals surface area (Å²) in [7, 11) is 0. The summed E-state index contributed by atoms with van der Waals surface area (Å²) in [5.74, 6) is 0.681. The van der Waals surface area contributed by atoms with Crippen LogP contribution < -0.4 is 4.74 Å². The van der Waals surface area contributed by atoms with Crippen LogP contribution in [0, 0.1) is 11.9 Å². The number of hydrogen-bond acceptors (Lipinski definition) is 3. The van der Waals surface area contributed by atoms with Crippen LogP contribution in [0.4, 0.5) is 4.39 Å². The highest BCUT2D eigenvalue weighted by atomic mass is 35.5. The molecule has 29 heavy (non-hydrogen) atoms. The van der Waals surface area contributed by atoms with Gasteiger partial charge in [0, 0.05) is 23.4 Å². The van der Waals surface area contributed by atoms with Gasteiger partial charge in [-0.05, 0) is 55.2 Å². The average Bonchev–Trinajstić information content (AvgIpc) is 3.11. The van der Waals surface area contributed by atoms with Crippen LogP contribution in [0.15, 0.2) is 46.9 Å². The molecule has 1 N–H and O–H groups in total. The second-order valence-corrected chi connectivity index (χ2v) is 8.05. The number of rotatable bonds is 6. The lowest BCUT2D eigenvalue weighted by atomic mass is 9.77. The van der Waals surface area contributed by atoms with Crippen molar-refractivity contribution < 1.29 is 23.4 Å². The molecule has 2 aromatic carbocycles. The number of ether oxygens (including phenoxy) is 1. The fraction of sp³-hybridized carbons (Fsp3) is 0.348. The lowest BCUT2D eigenvalue weighted by Gasteiger charge is -2.29. The Morgan fingerprint density at radius 3 is 2.69 bits per heavy atom. The van der Waals surface area contributed by atoms with Crippen molar-refractivity contribution in [3.8, 4) is 5.75 Å². The number of benzene rings is 2. The van der Waals surface area contributed by atoms with Gasteiger partial charge in [-0.25, -0.2) is 0 Å². The molecule has 0 bridgehead atoms. The third-order valence-corrected chi connectivity index (χ3v) is 6.06. The summed E-state index contributed by atoms with van der Waals surface area (Å²) in [5.41, 5.74) is 2.27. The van der Waals surface area contributed by atoms with E-state index in [2.05, 4.69) is 6.07 Å². The van der Waals surface area contributed by atoms with Crippen molar-refractivity contribution in [2.75, 3.05) is 0 Å². The minimum absolute atomic E-state index is 0.242. The number of halogens is 2. The Balaban J connectivity index is 1.49. The maximum Gasteiger partial charge on any atom is 0.303 e. The van der Waals surface area contributed by atoms with E-state index in [0.717, 1.165) is 42.6 Å². The molecule has 6 heteroatoms. The first-order valence-electron chi connectivity index (χ1n) is 9.81. The molecule has 1 aromatic heterocycles. The smallest absolute Gasteiger partial charge is 0.303 e. The van der Waals surface area contributed by atoms with E-state index in [1.165, 1.54) is 6.07 Å². The summed E-state index contributed by atoms with van der Waals surface area (Å²) >= 11 is 6.13. The molecule has 152 valence electrons. The van der Waals surface area contributed by atoms with Gasteiger partial charge in [0.15, 0.2) is 0 Å². The number of aliphatic carboxylic acids is 1. The molecule has 0 radical (unpaired) electrons. The zero-order valence-corrected chi connectivity index (χ0v) is 16.6. The highest BCUT2D eigenvalue weighted by Gasteiger charge is 2.26. The molecule has 0 aliphatic heterocycles. The van der Waals surface area contributed by atoms with Gasteiger partial charge in [0.1, 0.15) is 17.9 Å². The van der Waals surface area contributed by atoms with Gasteiger partial charge in [-0.2, -0.15) is 4.39 Å². The van der Waals surface area contributed by atoms with Gasteiger partial charge >= 0.3 is 5.97 Å². The third kappa shape index (κ3) is 4.40. The lowest BCUT2D eigenvalue weighted by molar-refractivity contribution is -0.138. The monoisotopic (exact) mass is 416 g/mol. The summed E-state index contributed by atoms with van der Waals surface area (Å²) in [6.45, 7) is 0.242. The number of carboxylic acid groups (broad SMARTS) is 1. The molecule has 1 aliphatic carbocycles. The van der Waals surface area contributed by atoms with Crippen molar-refractivity contribution in [2.24, 2.45) is 5.92 Å². The Bertz CT molecular complexity index is 1020. The molecule has 0 unspecified atom stereocenters. The molecule has 0 spiro atoms. The van der Waals surface area contributed by atoms with E-state index in [0.29, 0.717) is 21.9 Å². The minimum Gasteiger partial charge on any atom is -0.488 e. The summed E-state index contributed by atoms with van der Waals surface area (Å²) in [4.78, 5) is 10.9. The van der Waals surface area contributed by atoms with Crippen LogP contribution in [0.25, 0.3) is 11.0 Å². The van der Waals surface area contributed by atoms with Gasteiger partial charge in [-0.1, -0.05) is 35.9 Å². The van der Waals surface area contributed by atoms with Gasteiger partial charge in [-0.3, -0.25) is 4.79 Å². The Kier molecular flexibility index (Phi) is 5.76. The van der Waals surface area contributed by atoms with Crippen molar-refractivity contribution in [3.63, 3.8) is 0 Å². The SMILES string of the molecule is O=C(O)CC1CCC(c2ccccc2OCc2ccc(Cl)c3cc(F)oc23)CC1. The van der Waals surface area contributed by atoms with Gasteiger partial charge in [0.25, 0.3) is 6.01 Å². The van der Waals surface area contributed by atoms with Crippen LogP contribution in [0.5, 0.6) is 5.75 Å². The predicted octanol–water partition coefficient (Wildman–Crippen LogP) is 6.55. The summed E-state index contributed by atoms with van der Waals surface area (Å²) < 4.78 is 24.8. The van der Waals surface area contributed by atoms with Crippen LogP contribution in [0.1, 0.15) is 49.1 Å². The van der Waals surface area contributed by atoms with Crippen LogP contribution in [0.2, 0.25) is 5.02 Å². The Morgan fingerprint density at radius 1 is 1.17 bits per heavy atom. The van der Waals surface area contributed by atoms with E-state index in [9.17, 15) is 9.18 Å². The molecule has 1 saturated carbocycles. The quantitative estimate of drug-likeness (QED) is 0.494. The van der Waals surface area contributed by atoms with E-state index >= 15 is 0 Å². The first-order chi connectivity index (χ1) is 14.0. The molecule has 4 rings (SSSR count). The summed E-state index contributed by atoms with van der Waals surface area (Å²) in [6, 6.07) is 12.0. The highest BCUT2D eigenvalue weighted by Crippen LogP contribution is 2.40. The van der Waals surface area contributed by atoms with E-state index < -0.39 is 12.0 Å². The third-order valence-electron chi connectivity index (χ3n) is 5.73. The predicted molar refractivity (Wildman–Crippen MR) is 109 cm³/mol. The van der Waals surface area contributed by atoms with Gasteiger partial charge < -0.3 is 14.3 Å². The fourth-order valence-electron chi connectivity index (χ4n) is 4.26. The van der Waals surface area contributed by atoms with E-state index in [4.69, 9.17) is 25.9 Å². The van der Waals surface area contributed by atoms with E-state index in [-0.39, 0.29) is 18.9 Å². The Hall–Kier alpha value is -2.53. The van der Waals surface area contributed by atoms with Crippen LogP contribution in [-0.4, -0.2) is 11.1 Å². The van der Waals surface area contributed by atoms with Gasteiger partial charge in [0.05, 0.1) is 5.02 Å². The molecule has 0 amide bonds. The number of carbonyl (C=O) groups is 1. The number of para-hydroxylation sites is 1. The number of carboxylic acids is 1. The molecule has 3 aromatic rings. The van der Waals surface area contributed by atoms with Crippen LogP contribution in [-0.2, 0) is 11.4 Å². The summed E-state index contributed by atoms with van der Waals surface area (Å²) in [5, 5.41) is 9.98. The largest absolute Gasteiger partial charge is 0.488 e. The van der Waals surface area contributed by atoms with E-state index in [1.807, 2.05) is 18.2 Å². The van der Waals surface area contributed by atoms with Crippen molar-refractivity contribution in [3.05, 3.63) is 64.6 Å². The number of hydrogen-bond donors (Lipinski definition) is 1. The van der Waals surface area contributed by atoms with Crippen molar-refractivity contribution >= 4 is 28.5 Å². The standard InChI is InChI=1S/C23H22ClFO4/c24-19-10-9-16(23-18(19)12-21(25)29-23)13-28-20-4-2-1-3-17(20)15-7-5-14(6-8-15)11-22(26)27/h1-4,9-10,12,14-15H,5-8,11,13H2,(H,26,27). The molecule has 1 fully saturated rings. The average molecular weight is 417 g/mol. The molecule has 0 saturated heterocycles. The first-order valence-corrected chi connectivity index (χ1v) is 10.2. The fourth-order valence-corrected chi connectivity index (χ4v) is 4.46.